The fraction of sp³-hybridized carbons (Fsp3) is 0.857. The van der Waals surface area contributed by atoms with Gasteiger partial charge < -0.3 is 19.5 Å². The van der Waals surface area contributed by atoms with E-state index in [2.05, 4.69) is 0 Å². The van der Waals surface area contributed by atoms with Crippen molar-refractivity contribution < 1.29 is 24.2 Å². The van der Waals surface area contributed by atoms with Crippen LogP contribution in [0.4, 0.5) is 4.79 Å². The number of amides is 1. The first-order valence-corrected chi connectivity index (χ1v) is 7.03. The van der Waals surface area contributed by atoms with Gasteiger partial charge >= 0.3 is 12.1 Å². The predicted octanol–water partition coefficient (Wildman–Crippen LogP) is 1.88. The molecular formula is C14H23NO5. The van der Waals surface area contributed by atoms with Crippen molar-refractivity contribution in [3.63, 3.8) is 0 Å². The minimum Gasteiger partial charge on any atom is -0.479 e. The Bertz CT molecular complexity index is 393. The minimum atomic E-state index is -0.892. The van der Waals surface area contributed by atoms with Crippen LogP contribution in [0.1, 0.15) is 40.0 Å². The lowest BCUT2D eigenvalue weighted by Crippen LogP contribution is -2.45. The highest BCUT2D eigenvalue weighted by atomic mass is 16.6. The molecule has 1 N–H and O–H groups in total. The standard InChI is InChI=1S/C14H23NO5/c1-13(2,3)20-12(18)15-6-4-14(5-7-15)8-10(11(16)17)19-9-14/h10H,4-9H2,1-3H3,(H,16,17)/t10-/m1/s1. The lowest BCUT2D eigenvalue weighted by atomic mass is 9.77. The van der Waals surface area contributed by atoms with E-state index in [1.807, 2.05) is 20.8 Å². The Morgan fingerprint density at radius 3 is 2.35 bits per heavy atom. The van der Waals surface area contributed by atoms with Gasteiger partial charge in [0.05, 0.1) is 6.61 Å². The molecule has 0 aromatic heterocycles. The van der Waals surface area contributed by atoms with E-state index in [0.29, 0.717) is 26.1 Å². The van der Waals surface area contributed by atoms with Crippen LogP contribution in [-0.4, -0.2) is 53.5 Å². The van der Waals surface area contributed by atoms with Gasteiger partial charge in [0, 0.05) is 18.5 Å². The number of ether oxygens (including phenoxy) is 2. The maximum absolute atomic E-state index is 12.0. The number of carboxylic acid groups (broad SMARTS) is 1. The van der Waals surface area contributed by atoms with Crippen LogP contribution in [0.25, 0.3) is 0 Å². The molecular weight excluding hydrogens is 262 g/mol. The van der Waals surface area contributed by atoms with E-state index >= 15 is 0 Å². The Kier molecular flexibility index (Phi) is 3.95. The molecule has 1 amide bonds. The van der Waals surface area contributed by atoms with E-state index in [0.717, 1.165) is 12.8 Å². The second-order valence-electron chi connectivity index (χ2n) is 6.81. The summed E-state index contributed by atoms with van der Waals surface area (Å²) in [7, 11) is 0. The molecule has 2 aliphatic rings. The van der Waals surface area contributed by atoms with Crippen LogP contribution in [0, 0.1) is 5.41 Å². The number of nitrogens with zero attached hydrogens (tertiary/aromatic N) is 1. The van der Waals surface area contributed by atoms with Crippen molar-refractivity contribution in [3.05, 3.63) is 0 Å². The molecule has 6 nitrogen and oxygen atoms in total. The summed E-state index contributed by atoms with van der Waals surface area (Å²) >= 11 is 0. The van der Waals surface area contributed by atoms with Crippen molar-refractivity contribution >= 4 is 12.1 Å². The SMILES string of the molecule is CC(C)(C)OC(=O)N1CCC2(CC1)CO[C@@H](C(=O)O)C2. The summed E-state index contributed by atoms with van der Waals surface area (Å²) in [4.78, 5) is 24.6. The third-order valence-electron chi connectivity index (χ3n) is 3.96. The summed E-state index contributed by atoms with van der Waals surface area (Å²) in [6.07, 6.45) is 1.11. The molecule has 2 saturated heterocycles. The van der Waals surface area contributed by atoms with E-state index in [1.165, 1.54) is 0 Å². The van der Waals surface area contributed by atoms with Crippen LogP contribution < -0.4 is 0 Å². The largest absolute Gasteiger partial charge is 0.479 e. The van der Waals surface area contributed by atoms with Crippen LogP contribution in [-0.2, 0) is 14.3 Å². The summed E-state index contributed by atoms with van der Waals surface area (Å²) in [5.74, 6) is -0.892. The maximum atomic E-state index is 12.0. The number of carboxylic acids is 1. The third kappa shape index (κ3) is 3.42. The Morgan fingerprint density at radius 1 is 1.30 bits per heavy atom. The highest BCUT2D eigenvalue weighted by Crippen LogP contribution is 2.42. The average molecular weight is 285 g/mol. The van der Waals surface area contributed by atoms with Gasteiger partial charge in [-0.25, -0.2) is 9.59 Å². The van der Waals surface area contributed by atoms with E-state index in [1.54, 1.807) is 4.90 Å². The number of hydrogen-bond acceptors (Lipinski definition) is 4. The van der Waals surface area contributed by atoms with Crippen molar-refractivity contribution in [1.29, 1.82) is 0 Å². The molecule has 0 bridgehead atoms. The number of aliphatic carboxylic acids is 1. The van der Waals surface area contributed by atoms with E-state index in [9.17, 15) is 9.59 Å². The Hall–Kier alpha value is -1.30. The van der Waals surface area contributed by atoms with Gasteiger partial charge in [0.15, 0.2) is 6.10 Å². The number of carbonyl (C=O) groups excluding carboxylic acids is 1. The number of likely N-dealkylation sites (tertiary alicyclic amines) is 1. The fourth-order valence-corrected chi connectivity index (χ4v) is 2.79. The molecule has 0 saturated carbocycles. The summed E-state index contributed by atoms with van der Waals surface area (Å²) in [6.45, 7) is 7.22. The zero-order valence-corrected chi connectivity index (χ0v) is 12.3. The molecule has 2 rings (SSSR count). The second-order valence-corrected chi connectivity index (χ2v) is 6.81. The first-order chi connectivity index (χ1) is 9.21. The highest BCUT2D eigenvalue weighted by molar-refractivity contribution is 5.72. The van der Waals surface area contributed by atoms with Crippen molar-refractivity contribution in [3.8, 4) is 0 Å². The molecule has 2 aliphatic heterocycles. The highest BCUT2D eigenvalue weighted by Gasteiger charge is 2.45. The first-order valence-electron chi connectivity index (χ1n) is 7.03. The Balaban J connectivity index is 1.87. The average Bonchev–Trinajstić information content (AvgIpc) is 2.72. The summed E-state index contributed by atoms with van der Waals surface area (Å²) < 4.78 is 10.7. The summed E-state index contributed by atoms with van der Waals surface area (Å²) in [6, 6.07) is 0. The van der Waals surface area contributed by atoms with Crippen LogP contribution in [0.5, 0.6) is 0 Å². The topological polar surface area (TPSA) is 76.1 Å². The van der Waals surface area contributed by atoms with Gasteiger partial charge in [0.1, 0.15) is 5.60 Å². The van der Waals surface area contributed by atoms with Gasteiger partial charge in [-0.3, -0.25) is 0 Å². The molecule has 0 aromatic rings. The predicted molar refractivity (Wildman–Crippen MR) is 71.5 cm³/mol. The van der Waals surface area contributed by atoms with E-state index in [4.69, 9.17) is 14.6 Å². The Labute approximate surface area is 119 Å². The molecule has 1 atom stereocenters. The molecule has 1 spiro atoms. The van der Waals surface area contributed by atoms with Crippen LogP contribution >= 0.6 is 0 Å². The van der Waals surface area contributed by atoms with Gasteiger partial charge in [-0.2, -0.15) is 0 Å². The maximum Gasteiger partial charge on any atom is 0.410 e. The summed E-state index contributed by atoms with van der Waals surface area (Å²) in [5.41, 5.74) is -0.571. The molecule has 2 heterocycles. The van der Waals surface area contributed by atoms with Crippen LogP contribution in [0.3, 0.4) is 0 Å². The van der Waals surface area contributed by atoms with E-state index in [-0.39, 0.29) is 11.5 Å². The van der Waals surface area contributed by atoms with Gasteiger partial charge in [-0.15, -0.1) is 0 Å². The molecule has 0 radical (unpaired) electrons. The van der Waals surface area contributed by atoms with Gasteiger partial charge in [0.25, 0.3) is 0 Å². The van der Waals surface area contributed by atoms with Crippen LogP contribution in [0.15, 0.2) is 0 Å². The quantitative estimate of drug-likeness (QED) is 0.796. The summed E-state index contributed by atoms with van der Waals surface area (Å²) in [5, 5.41) is 8.99. The number of carbonyl (C=O) groups is 2. The number of hydrogen-bond donors (Lipinski definition) is 1. The Morgan fingerprint density at radius 2 is 1.90 bits per heavy atom. The van der Waals surface area contributed by atoms with Gasteiger partial charge in [-0.05, 0) is 40.0 Å². The van der Waals surface area contributed by atoms with Crippen molar-refractivity contribution in [2.24, 2.45) is 5.41 Å². The third-order valence-corrected chi connectivity index (χ3v) is 3.96. The normalized spacial score (nSPS) is 25.8. The zero-order chi connectivity index (χ0) is 15.0. The minimum absolute atomic E-state index is 0.0818. The smallest absolute Gasteiger partial charge is 0.410 e. The number of piperidine rings is 1. The van der Waals surface area contributed by atoms with Crippen molar-refractivity contribution in [2.45, 2.75) is 51.7 Å². The van der Waals surface area contributed by atoms with Crippen molar-refractivity contribution in [2.75, 3.05) is 19.7 Å². The monoisotopic (exact) mass is 285 g/mol. The lowest BCUT2D eigenvalue weighted by Gasteiger charge is -2.38. The molecule has 6 heteroatoms. The molecule has 20 heavy (non-hydrogen) atoms. The van der Waals surface area contributed by atoms with E-state index < -0.39 is 17.7 Å². The zero-order valence-electron chi connectivity index (χ0n) is 12.3. The second kappa shape index (κ2) is 5.24. The molecule has 0 aliphatic carbocycles. The lowest BCUT2D eigenvalue weighted by molar-refractivity contribution is -0.147. The van der Waals surface area contributed by atoms with Gasteiger partial charge in [-0.1, -0.05) is 0 Å². The van der Waals surface area contributed by atoms with Gasteiger partial charge in [0.2, 0.25) is 0 Å². The molecule has 0 unspecified atom stereocenters. The van der Waals surface area contributed by atoms with Crippen LogP contribution in [0.2, 0.25) is 0 Å². The number of rotatable bonds is 1. The molecule has 114 valence electrons. The fourth-order valence-electron chi connectivity index (χ4n) is 2.79. The first kappa shape index (κ1) is 15.1. The van der Waals surface area contributed by atoms with Crippen molar-refractivity contribution in [1.82, 2.24) is 4.90 Å². The molecule has 0 aromatic carbocycles. The molecule has 2 fully saturated rings.